The van der Waals surface area contributed by atoms with Gasteiger partial charge in [0.1, 0.15) is 0 Å². The zero-order chi connectivity index (χ0) is 16.0. The average molecular weight is 333 g/mol. The van der Waals surface area contributed by atoms with E-state index in [0.29, 0.717) is 23.8 Å². The standard InChI is InChI=1S/C15H24N2O4.ClH/c1-9(10(2)16)15(18)17-8-11-6-7-12(19-3)14(21-5)13(11)20-4;/h6-7,9-10H,8,16H2,1-5H3,(H,17,18);1H. The van der Waals surface area contributed by atoms with Gasteiger partial charge in [0.05, 0.1) is 21.3 Å². The number of amides is 1. The normalized spacial score (nSPS) is 12.6. The molecule has 126 valence electrons. The molecule has 0 aliphatic heterocycles. The number of nitrogens with two attached hydrogens (primary N) is 1. The van der Waals surface area contributed by atoms with Crippen LogP contribution in [0.1, 0.15) is 19.4 Å². The molecule has 2 atom stereocenters. The lowest BCUT2D eigenvalue weighted by Crippen LogP contribution is -2.38. The molecule has 1 aromatic rings. The Morgan fingerprint density at radius 1 is 1.14 bits per heavy atom. The molecule has 0 fully saturated rings. The average Bonchev–Trinajstić information content (AvgIpc) is 2.50. The van der Waals surface area contributed by atoms with Crippen molar-refractivity contribution in [1.29, 1.82) is 0 Å². The number of carbonyl (C=O) groups is 1. The second-order valence-corrected chi connectivity index (χ2v) is 4.86. The van der Waals surface area contributed by atoms with Gasteiger partial charge >= 0.3 is 0 Å². The van der Waals surface area contributed by atoms with Crippen LogP contribution in [0.3, 0.4) is 0 Å². The number of ether oxygens (including phenoxy) is 3. The van der Waals surface area contributed by atoms with Crippen LogP contribution >= 0.6 is 12.4 Å². The molecule has 0 radical (unpaired) electrons. The van der Waals surface area contributed by atoms with Crippen molar-refractivity contribution >= 4 is 18.3 Å². The highest BCUT2D eigenvalue weighted by atomic mass is 35.5. The van der Waals surface area contributed by atoms with E-state index in [4.69, 9.17) is 19.9 Å². The van der Waals surface area contributed by atoms with E-state index in [1.54, 1.807) is 41.2 Å². The first-order chi connectivity index (χ1) is 9.96. The predicted octanol–water partition coefficient (Wildman–Crippen LogP) is 1.73. The Balaban J connectivity index is 0.00000441. The largest absolute Gasteiger partial charge is 0.493 e. The van der Waals surface area contributed by atoms with Crippen LogP contribution in [0.15, 0.2) is 12.1 Å². The van der Waals surface area contributed by atoms with E-state index in [0.717, 1.165) is 5.56 Å². The van der Waals surface area contributed by atoms with Crippen LogP contribution in [0.2, 0.25) is 0 Å². The summed E-state index contributed by atoms with van der Waals surface area (Å²) in [6.45, 7) is 3.94. The van der Waals surface area contributed by atoms with E-state index in [9.17, 15) is 4.79 Å². The zero-order valence-corrected chi connectivity index (χ0v) is 14.5. The third-order valence-corrected chi connectivity index (χ3v) is 3.44. The van der Waals surface area contributed by atoms with Gasteiger partial charge in [-0.05, 0) is 19.1 Å². The maximum atomic E-state index is 11.9. The molecule has 1 rings (SSSR count). The zero-order valence-electron chi connectivity index (χ0n) is 13.6. The van der Waals surface area contributed by atoms with Crippen LogP contribution in [0.5, 0.6) is 17.2 Å². The molecule has 7 heteroatoms. The molecule has 0 aliphatic rings. The van der Waals surface area contributed by atoms with Gasteiger partial charge in [0.15, 0.2) is 11.5 Å². The van der Waals surface area contributed by atoms with E-state index in [1.807, 2.05) is 6.07 Å². The summed E-state index contributed by atoms with van der Waals surface area (Å²) in [5.74, 6) is 1.28. The Bertz CT molecular complexity index is 495. The quantitative estimate of drug-likeness (QED) is 0.794. The lowest BCUT2D eigenvalue weighted by molar-refractivity contribution is -0.125. The van der Waals surface area contributed by atoms with E-state index in [2.05, 4.69) is 5.32 Å². The number of methoxy groups -OCH3 is 3. The minimum Gasteiger partial charge on any atom is -0.493 e. The van der Waals surface area contributed by atoms with Gasteiger partial charge in [-0.3, -0.25) is 4.79 Å². The molecule has 1 amide bonds. The molecular formula is C15H25ClN2O4. The number of hydrogen-bond donors (Lipinski definition) is 2. The lowest BCUT2D eigenvalue weighted by Gasteiger charge is -2.18. The molecule has 1 aromatic carbocycles. The van der Waals surface area contributed by atoms with Gasteiger partial charge in [0.25, 0.3) is 0 Å². The van der Waals surface area contributed by atoms with E-state index in [-0.39, 0.29) is 30.3 Å². The van der Waals surface area contributed by atoms with Crippen LogP contribution in [0.25, 0.3) is 0 Å². The van der Waals surface area contributed by atoms with Gasteiger partial charge in [0.2, 0.25) is 11.7 Å². The fraction of sp³-hybridized carbons (Fsp3) is 0.533. The van der Waals surface area contributed by atoms with Crippen molar-refractivity contribution in [2.45, 2.75) is 26.4 Å². The van der Waals surface area contributed by atoms with Crippen molar-refractivity contribution in [2.24, 2.45) is 11.7 Å². The fourth-order valence-electron chi connectivity index (χ4n) is 1.88. The van der Waals surface area contributed by atoms with Crippen molar-refractivity contribution in [3.8, 4) is 17.2 Å². The molecule has 0 spiro atoms. The van der Waals surface area contributed by atoms with Crippen LogP contribution in [-0.4, -0.2) is 33.3 Å². The Hall–Kier alpha value is -1.66. The third kappa shape index (κ3) is 4.68. The summed E-state index contributed by atoms with van der Waals surface area (Å²) >= 11 is 0. The van der Waals surface area contributed by atoms with Gasteiger partial charge in [-0.2, -0.15) is 0 Å². The van der Waals surface area contributed by atoms with Crippen molar-refractivity contribution in [1.82, 2.24) is 5.32 Å². The van der Waals surface area contributed by atoms with Crippen molar-refractivity contribution in [3.05, 3.63) is 17.7 Å². The number of rotatable bonds is 7. The van der Waals surface area contributed by atoms with Gasteiger partial charge in [-0.1, -0.05) is 6.92 Å². The second-order valence-electron chi connectivity index (χ2n) is 4.86. The first-order valence-electron chi connectivity index (χ1n) is 6.77. The summed E-state index contributed by atoms with van der Waals surface area (Å²) in [6.07, 6.45) is 0. The molecule has 0 aliphatic carbocycles. The third-order valence-electron chi connectivity index (χ3n) is 3.44. The molecule has 6 nitrogen and oxygen atoms in total. The fourth-order valence-corrected chi connectivity index (χ4v) is 1.88. The van der Waals surface area contributed by atoms with Crippen LogP contribution in [0.4, 0.5) is 0 Å². The molecule has 3 N–H and O–H groups in total. The lowest BCUT2D eigenvalue weighted by atomic mass is 10.0. The molecule has 0 bridgehead atoms. The van der Waals surface area contributed by atoms with Gasteiger partial charge < -0.3 is 25.3 Å². The summed E-state index contributed by atoms with van der Waals surface area (Å²) < 4.78 is 15.9. The van der Waals surface area contributed by atoms with E-state index >= 15 is 0 Å². The summed E-state index contributed by atoms with van der Waals surface area (Å²) in [7, 11) is 4.65. The first kappa shape index (κ1) is 20.3. The molecule has 0 saturated carbocycles. The topological polar surface area (TPSA) is 82.8 Å². The molecule has 0 aromatic heterocycles. The minimum absolute atomic E-state index is 0. The van der Waals surface area contributed by atoms with Gasteiger partial charge in [0, 0.05) is 24.1 Å². The smallest absolute Gasteiger partial charge is 0.224 e. The van der Waals surface area contributed by atoms with Crippen LogP contribution in [0, 0.1) is 5.92 Å². The highest BCUT2D eigenvalue weighted by Gasteiger charge is 2.19. The van der Waals surface area contributed by atoms with Crippen molar-refractivity contribution in [2.75, 3.05) is 21.3 Å². The number of nitrogens with one attached hydrogen (secondary N) is 1. The van der Waals surface area contributed by atoms with Gasteiger partial charge in [-0.15, -0.1) is 12.4 Å². The van der Waals surface area contributed by atoms with Crippen molar-refractivity contribution in [3.63, 3.8) is 0 Å². The van der Waals surface area contributed by atoms with Crippen molar-refractivity contribution < 1.29 is 19.0 Å². The second kappa shape index (κ2) is 9.38. The number of carbonyl (C=O) groups excluding carboxylic acids is 1. The maximum Gasteiger partial charge on any atom is 0.224 e. The highest BCUT2D eigenvalue weighted by molar-refractivity contribution is 5.85. The Morgan fingerprint density at radius 2 is 1.73 bits per heavy atom. The Kier molecular flexibility index (Phi) is 8.67. The first-order valence-corrected chi connectivity index (χ1v) is 6.77. The summed E-state index contributed by atoms with van der Waals surface area (Å²) in [6, 6.07) is 3.41. The molecule has 0 saturated heterocycles. The van der Waals surface area contributed by atoms with Gasteiger partial charge in [-0.25, -0.2) is 0 Å². The molecule has 22 heavy (non-hydrogen) atoms. The highest BCUT2D eigenvalue weighted by Crippen LogP contribution is 2.39. The van der Waals surface area contributed by atoms with E-state index < -0.39 is 0 Å². The summed E-state index contributed by atoms with van der Waals surface area (Å²) in [5, 5.41) is 2.85. The Labute approximate surface area is 137 Å². The molecular weight excluding hydrogens is 308 g/mol. The van der Waals surface area contributed by atoms with Crippen LogP contribution in [-0.2, 0) is 11.3 Å². The summed E-state index contributed by atoms with van der Waals surface area (Å²) in [4.78, 5) is 11.9. The summed E-state index contributed by atoms with van der Waals surface area (Å²) in [5.41, 5.74) is 6.53. The van der Waals surface area contributed by atoms with Crippen LogP contribution < -0.4 is 25.3 Å². The molecule has 2 unspecified atom stereocenters. The van der Waals surface area contributed by atoms with E-state index in [1.165, 1.54) is 0 Å². The number of halogens is 1. The maximum absolute atomic E-state index is 11.9. The predicted molar refractivity (Wildman–Crippen MR) is 88.0 cm³/mol. The minimum atomic E-state index is -0.254. The molecule has 0 heterocycles. The number of benzene rings is 1. The SMILES string of the molecule is COc1ccc(CNC(=O)C(C)C(C)N)c(OC)c1OC.Cl. The monoisotopic (exact) mass is 332 g/mol. The number of hydrogen-bond acceptors (Lipinski definition) is 5. The Morgan fingerprint density at radius 3 is 2.18 bits per heavy atom.